The zero-order valence-electron chi connectivity index (χ0n) is 11.6. The molecule has 7 heteroatoms. The minimum atomic E-state index is -3.07. The zero-order chi connectivity index (χ0) is 14.0. The summed E-state index contributed by atoms with van der Waals surface area (Å²) < 4.78 is 24.8. The minimum Gasteiger partial charge on any atom is -0.298 e. The Morgan fingerprint density at radius 2 is 2.21 bits per heavy atom. The maximum Gasteiger partial charge on any atom is 0.208 e. The highest BCUT2D eigenvalue weighted by Gasteiger charge is 2.24. The Bertz CT molecular complexity index is 539. The van der Waals surface area contributed by atoms with Gasteiger partial charge >= 0.3 is 0 Å². The summed E-state index contributed by atoms with van der Waals surface area (Å²) in [6.07, 6.45) is 2.27. The van der Waals surface area contributed by atoms with Crippen molar-refractivity contribution in [1.82, 2.24) is 14.6 Å². The van der Waals surface area contributed by atoms with Gasteiger partial charge in [0.05, 0.1) is 17.0 Å². The number of aromatic nitrogens is 1. The molecule has 1 aliphatic rings. The van der Waals surface area contributed by atoms with E-state index in [4.69, 9.17) is 0 Å². The summed E-state index contributed by atoms with van der Waals surface area (Å²) in [6, 6.07) is 0. The van der Waals surface area contributed by atoms with Crippen molar-refractivity contribution in [2.75, 3.05) is 25.9 Å². The van der Waals surface area contributed by atoms with Gasteiger partial charge in [0.2, 0.25) is 10.0 Å². The van der Waals surface area contributed by atoms with Crippen LogP contribution in [0.5, 0.6) is 0 Å². The Hall–Kier alpha value is -0.500. The summed E-state index contributed by atoms with van der Waals surface area (Å²) >= 11 is 1.76. The molecule has 0 amide bonds. The van der Waals surface area contributed by atoms with Crippen molar-refractivity contribution < 1.29 is 8.42 Å². The van der Waals surface area contributed by atoms with Gasteiger partial charge in [0.1, 0.15) is 0 Å². The Balaban J connectivity index is 1.84. The van der Waals surface area contributed by atoms with E-state index < -0.39 is 10.0 Å². The van der Waals surface area contributed by atoms with Crippen LogP contribution in [0.2, 0.25) is 0 Å². The van der Waals surface area contributed by atoms with Crippen molar-refractivity contribution in [2.24, 2.45) is 5.92 Å². The lowest BCUT2D eigenvalue weighted by Gasteiger charge is -2.15. The summed E-state index contributed by atoms with van der Waals surface area (Å²) in [6.45, 7) is 7.57. The van der Waals surface area contributed by atoms with E-state index in [0.29, 0.717) is 12.5 Å². The molecule has 2 rings (SSSR count). The number of nitrogens with zero attached hydrogens (tertiary/aromatic N) is 2. The molecular formula is C12H21N3O2S2. The largest absolute Gasteiger partial charge is 0.298 e. The molecule has 1 N–H and O–H groups in total. The molecular weight excluding hydrogens is 282 g/mol. The van der Waals surface area contributed by atoms with Crippen molar-refractivity contribution >= 4 is 21.4 Å². The Morgan fingerprint density at radius 3 is 2.79 bits per heavy atom. The van der Waals surface area contributed by atoms with Crippen LogP contribution >= 0.6 is 11.3 Å². The van der Waals surface area contributed by atoms with Gasteiger partial charge in [-0.1, -0.05) is 0 Å². The van der Waals surface area contributed by atoms with E-state index in [0.717, 1.165) is 36.8 Å². The van der Waals surface area contributed by atoms with E-state index in [1.165, 1.54) is 11.1 Å². The van der Waals surface area contributed by atoms with Gasteiger partial charge in [0, 0.05) is 24.5 Å². The summed E-state index contributed by atoms with van der Waals surface area (Å²) in [5, 5.41) is 1.11. The van der Waals surface area contributed by atoms with E-state index in [-0.39, 0.29) is 0 Å². The molecule has 1 aromatic heterocycles. The van der Waals surface area contributed by atoms with Crippen LogP contribution in [-0.2, 0) is 16.6 Å². The van der Waals surface area contributed by atoms with Gasteiger partial charge in [-0.2, -0.15) is 0 Å². The minimum absolute atomic E-state index is 0.420. The third-order valence-corrected chi connectivity index (χ3v) is 5.12. The van der Waals surface area contributed by atoms with Gasteiger partial charge in [-0.25, -0.2) is 18.1 Å². The lowest BCUT2D eigenvalue weighted by atomic mass is 10.1. The maximum atomic E-state index is 11.1. The standard InChI is InChI=1S/C12H21N3O2S2/c1-9-12(18-10(2)14-9)8-15-5-4-11(7-15)6-13-19(3,16)17/h11,13H,4-8H2,1-3H3/t11-/m1/s1. The number of sulfonamides is 1. The van der Waals surface area contributed by atoms with Crippen molar-refractivity contribution in [3.63, 3.8) is 0 Å². The van der Waals surface area contributed by atoms with Crippen LogP contribution in [0.15, 0.2) is 0 Å². The van der Waals surface area contributed by atoms with Crippen LogP contribution in [0.4, 0.5) is 0 Å². The fourth-order valence-corrected chi connectivity index (χ4v) is 3.93. The Morgan fingerprint density at radius 1 is 1.47 bits per heavy atom. The Kier molecular flexibility index (Phi) is 4.60. The molecule has 0 aliphatic carbocycles. The first-order valence-corrected chi connectivity index (χ1v) is 9.14. The van der Waals surface area contributed by atoms with Gasteiger partial charge in [0.25, 0.3) is 0 Å². The molecule has 2 heterocycles. The van der Waals surface area contributed by atoms with Gasteiger partial charge in [-0.3, -0.25) is 4.90 Å². The molecule has 1 aliphatic heterocycles. The average Bonchev–Trinajstić information content (AvgIpc) is 2.83. The molecule has 108 valence electrons. The van der Waals surface area contributed by atoms with E-state index in [1.54, 1.807) is 11.3 Å². The number of rotatable bonds is 5. The second-order valence-corrected chi connectivity index (χ2v) is 8.37. The number of hydrogen-bond donors (Lipinski definition) is 1. The predicted octanol–water partition coefficient (Wildman–Crippen LogP) is 1.13. The molecule has 1 fully saturated rings. The molecule has 0 bridgehead atoms. The van der Waals surface area contributed by atoms with Crippen LogP contribution in [-0.4, -0.2) is 44.2 Å². The van der Waals surface area contributed by atoms with E-state index in [9.17, 15) is 8.42 Å². The molecule has 5 nitrogen and oxygen atoms in total. The number of nitrogens with one attached hydrogen (secondary N) is 1. The topological polar surface area (TPSA) is 62.3 Å². The predicted molar refractivity (Wildman–Crippen MR) is 77.8 cm³/mol. The fourth-order valence-electron chi connectivity index (χ4n) is 2.42. The number of likely N-dealkylation sites (tertiary alicyclic amines) is 1. The number of aryl methyl sites for hydroxylation is 2. The van der Waals surface area contributed by atoms with Crippen LogP contribution < -0.4 is 4.72 Å². The average molecular weight is 303 g/mol. The molecule has 0 saturated carbocycles. The smallest absolute Gasteiger partial charge is 0.208 e. The van der Waals surface area contributed by atoms with Gasteiger partial charge in [-0.15, -0.1) is 11.3 Å². The molecule has 1 aromatic rings. The molecule has 0 spiro atoms. The normalized spacial score (nSPS) is 21.1. The molecule has 19 heavy (non-hydrogen) atoms. The van der Waals surface area contributed by atoms with Crippen LogP contribution in [0.1, 0.15) is 22.0 Å². The summed E-state index contributed by atoms with van der Waals surface area (Å²) in [5.41, 5.74) is 1.13. The highest BCUT2D eigenvalue weighted by Crippen LogP contribution is 2.23. The SMILES string of the molecule is Cc1nc(C)c(CN2CC[C@H](CNS(C)(=O)=O)C2)s1. The summed E-state index contributed by atoms with van der Waals surface area (Å²) in [5.74, 6) is 0.420. The van der Waals surface area contributed by atoms with E-state index in [1.807, 2.05) is 6.92 Å². The first-order valence-electron chi connectivity index (χ1n) is 6.43. The van der Waals surface area contributed by atoms with Gasteiger partial charge < -0.3 is 0 Å². The highest BCUT2D eigenvalue weighted by molar-refractivity contribution is 7.88. The Labute approximate surface area is 119 Å². The molecule has 0 radical (unpaired) electrons. The molecule has 1 atom stereocenters. The van der Waals surface area contributed by atoms with Gasteiger partial charge in [0.15, 0.2) is 0 Å². The van der Waals surface area contributed by atoms with Crippen LogP contribution in [0.25, 0.3) is 0 Å². The van der Waals surface area contributed by atoms with E-state index >= 15 is 0 Å². The van der Waals surface area contributed by atoms with Crippen molar-refractivity contribution in [3.8, 4) is 0 Å². The molecule has 0 aromatic carbocycles. The van der Waals surface area contributed by atoms with Gasteiger partial charge in [-0.05, 0) is 32.7 Å². The molecule has 1 saturated heterocycles. The summed E-state index contributed by atoms with van der Waals surface area (Å²) in [4.78, 5) is 8.15. The number of thiazole rings is 1. The second kappa shape index (κ2) is 5.87. The van der Waals surface area contributed by atoms with E-state index in [2.05, 4.69) is 21.5 Å². The van der Waals surface area contributed by atoms with Crippen LogP contribution in [0, 0.1) is 19.8 Å². The first-order chi connectivity index (χ1) is 8.83. The van der Waals surface area contributed by atoms with Crippen molar-refractivity contribution in [3.05, 3.63) is 15.6 Å². The highest BCUT2D eigenvalue weighted by atomic mass is 32.2. The third kappa shape index (κ3) is 4.52. The van der Waals surface area contributed by atoms with Crippen molar-refractivity contribution in [2.45, 2.75) is 26.8 Å². The third-order valence-electron chi connectivity index (χ3n) is 3.37. The number of hydrogen-bond acceptors (Lipinski definition) is 5. The maximum absolute atomic E-state index is 11.1. The monoisotopic (exact) mass is 303 g/mol. The lowest BCUT2D eigenvalue weighted by Crippen LogP contribution is -2.30. The fraction of sp³-hybridized carbons (Fsp3) is 0.750. The van der Waals surface area contributed by atoms with Crippen LogP contribution in [0.3, 0.4) is 0 Å². The first kappa shape index (κ1) is 14.9. The van der Waals surface area contributed by atoms with Crippen molar-refractivity contribution in [1.29, 1.82) is 0 Å². The second-order valence-electron chi connectivity index (χ2n) is 5.25. The zero-order valence-corrected chi connectivity index (χ0v) is 13.3. The quantitative estimate of drug-likeness (QED) is 0.886. The lowest BCUT2D eigenvalue weighted by molar-refractivity contribution is 0.318. The summed E-state index contributed by atoms with van der Waals surface area (Å²) in [7, 11) is -3.07. The molecule has 0 unspecified atom stereocenters.